The van der Waals surface area contributed by atoms with E-state index >= 15 is 0 Å². The lowest BCUT2D eigenvalue weighted by molar-refractivity contribution is 0.757. The molecule has 0 saturated carbocycles. The Bertz CT molecular complexity index is 469. The molecule has 3 heteroatoms. The van der Waals surface area contributed by atoms with E-state index in [1.165, 1.54) is 11.3 Å². The molecule has 0 amide bonds. The van der Waals surface area contributed by atoms with Gasteiger partial charge in [0, 0.05) is 18.0 Å². The zero-order valence-electron chi connectivity index (χ0n) is 9.73. The third-order valence-electron chi connectivity index (χ3n) is 2.58. The molecule has 2 rings (SSSR count). The van der Waals surface area contributed by atoms with E-state index in [2.05, 4.69) is 37.8 Å². The summed E-state index contributed by atoms with van der Waals surface area (Å²) in [4.78, 5) is 4.41. The number of fused-ring (bicyclic) bond motifs is 1. The number of hydrogen-bond acceptors (Lipinski definition) is 2. The van der Waals surface area contributed by atoms with Gasteiger partial charge in [-0.25, -0.2) is 9.50 Å². The van der Waals surface area contributed by atoms with Gasteiger partial charge in [-0.3, -0.25) is 0 Å². The second-order valence-electron chi connectivity index (χ2n) is 4.50. The van der Waals surface area contributed by atoms with Gasteiger partial charge in [-0.05, 0) is 17.9 Å². The Kier molecular flexibility index (Phi) is 2.47. The van der Waals surface area contributed by atoms with E-state index < -0.39 is 0 Å². The van der Waals surface area contributed by atoms with Crippen LogP contribution >= 0.6 is 0 Å². The standard InChI is InChI=1S/C12H17N3/c1-8(2)10-11(9(3)4)14-15-7-5-6-13-12(10)15/h5-9H,1-4H3. The Morgan fingerprint density at radius 3 is 2.47 bits per heavy atom. The van der Waals surface area contributed by atoms with Crippen molar-refractivity contribution < 1.29 is 0 Å². The van der Waals surface area contributed by atoms with Crippen molar-refractivity contribution in [2.24, 2.45) is 0 Å². The SMILES string of the molecule is CC(C)c1nn2cccnc2c1C(C)C. The lowest BCUT2D eigenvalue weighted by Gasteiger charge is -2.07. The summed E-state index contributed by atoms with van der Waals surface area (Å²) in [6.07, 6.45) is 3.78. The van der Waals surface area contributed by atoms with Gasteiger partial charge in [0.1, 0.15) is 0 Å². The first-order chi connectivity index (χ1) is 7.11. The Balaban J connectivity index is 2.75. The fraction of sp³-hybridized carbons (Fsp3) is 0.500. The first kappa shape index (κ1) is 10.1. The first-order valence-electron chi connectivity index (χ1n) is 5.44. The molecule has 0 atom stereocenters. The van der Waals surface area contributed by atoms with Crippen LogP contribution in [0.3, 0.4) is 0 Å². The molecule has 0 aromatic carbocycles. The molecule has 0 fully saturated rings. The fourth-order valence-corrected chi connectivity index (χ4v) is 1.90. The van der Waals surface area contributed by atoms with Gasteiger partial charge >= 0.3 is 0 Å². The second kappa shape index (κ2) is 3.65. The summed E-state index contributed by atoms with van der Waals surface area (Å²) in [6.45, 7) is 8.73. The topological polar surface area (TPSA) is 30.2 Å². The second-order valence-corrected chi connectivity index (χ2v) is 4.50. The van der Waals surface area contributed by atoms with E-state index in [4.69, 9.17) is 0 Å². The van der Waals surface area contributed by atoms with Crippen LogP contribution in [0.15, 0.2) is 18.5 Å². The van der Waals surface area contributed by atoms with Crippen molar-refractivity contribution in [3.63, 3.8) is 0 Å². The highest BCUT2D eigenvalue weighted by Gasteiger charge is 2.18. The molecule has 0 spiro atoms. The molecule has 0 N–H and O–H groups in total. The average molecular weight is 203 g/mol. The number of aromatic nitrogens is 3. The molecule has 0 aliphatic heterocycles. The molecular formula is C12H17N3. The minimum Gasteiger partial charge on any atom is -0.237 e. The zero-order valence-corrected chi connectivity index (χ0v) is 9.73. The van der Waals surface area contributed by atoms with Gasteiger partial charge in [-0.1, -0.05) is 27.7 Å². The summed E-state index contributed by atoms with van der Waals surface area (Å²) >= 11 is 0. The Hall–Kier alpha value is -1.38. The van der Waals surface area contributed by atoms with E-state index in [0.717, 1.165) is 5.65 Å². The van der Waals surface area contributed by atoms with Crippen molar-refractivity contribution in [3.8, 4) is 0 Å². The summed E-state index contributed by atoms with van der Waals surface area (Å²) in [7, 11) is 0. The number of rotatable bonds is 2. The Labute approximate surface area is 90.1 Å². The minimum atomic E-state index is 0.448. The quantitative estimate of drug-likeness (QED) is 0.751. The van der Waals surface area contributed by atoms with Gasteiger partial charge in [0.25, 0.3) is 0 Å². The number of nitrogens with zero attached hydrogens (tertiary/aromatic N) is 3. The van der Waals surface area contributed by atoms with Crippen LogP contribution in [0.1, 0.15) is 50.8 Å². The molecule has 0 radical (unpaired) electrons. The van der Waals surface area contributed by atoms with Gasteiger partial charge < -0.3 is 0 Å². The van der Waals surface area contributed by atoms with E-state index in [9.17, 15) is 0 Å². The zero-order chi connectivity index (χ0) is 11.0. The highest BCUT2D eigenvalue weighted by molar-refractivity contribution is 5.52. The minimum absolute atomic E-state index is 0.448. The van der Waals surface area contributed by atoms with Gasteiger partial charge in [-0.15, -0.1) is 0 Å². The monoisotopic (exact) mass is 203 g/mol. The summed E-state index contributed by atoms with van der Waals surface area (Å²) in [6, 6.07) is 1.91. The van der Waals surface area contributed by atoms with Crippen LogP contribution in [0.2, 0.25) is 0 Å². The highest BCUT2D eigenvalue weighted by Crippen LogP contribution is 2.27. The Morgan fingerprint density at radius 1 is 1.13 bits per heavy atom. The lowest BCUT2D eigenvalue weighted by Crippen LogP contribution is -1.96. The maximum atomic E-state index is 4.59. The molecule has 2 heterocycles. The van der Waals surface area contributed by atoms with Crippen LogP contribution in [-0.4, -0.2) is 14.6 Å². The van der Waals surface area contributed by atoms with Gasteiger partial charge in [0.05, 0.1) is 5.69 Å². The predicted molar refractivity (Wildman–Crippen MR) is 61.2 cm³/mol. The molecule has 0 aliphatic carbocycles. The fourth-order valence-electron chi connectivity index (χ4n) is 1.90. The van der Waals surface area contributed by atoms with Crippen molar-refractivity contribution in [3.05, 3.63) is 29.7 Å². The lowest BCUT2D eigenvalue weighted by atomic mass is 9.97. The molecule has 15 heavy (non-hydrogen) atoms. The van der Waals surface area contributed by atoms with E-state index in [1.54, 1.807) is 0 Å². The van der Waals surface area contributed by atoms with Crippen LogP contribution in [0.4, 0.5) is 0 Å². The summed E-state index contributed by atoms with van der Waals surface area (Å²) in [5, 5.41) is 4.59. The normalized spacial score (nSPS) is 11.9. The van der Waals surface area contributed by atoms with Crippen molar-refractivity contribution in [1.29, 1.82) is 0 Å². The van der Waals surface area contributed by atoms with Crippen LogP contribution in [-0.2, 0) is 0 Å². The summed E-state index contributed by atoms with van der Waals surface area (Å²) in [5.74, 6) is 0.916. The van der Waals surface area contributed by atoms with E-state index in [0.29, 0.717) is 11.8 Å². The van der Waals surface area contributed by atoms with Gasteiger partial charge in [-0.2, -0.15) is 5.10 Å². The van der Waals surface area contributed by atoms with Gasteiger partial charge in [0.15, 0.2) is 5.65 Å². The van der Waals surface area contributed by atoms with Crippen molar-refractivity contribution >= 4 is 5.65 Å². The van der Waals surface area contributed by atoms with E-state index in [1.807, 2.05) is 23.0 Å². The first-order valence-corrected chi connectivity index (χ1v) is 5.44. The smallest absolute Gasteiger partial charge is 0.158 e. The maximum Gasteiger partial charge on any atom is 0.158 e. The van der Waals surface area contributed by atoms with Gasteiger partial charge in [0.2, 0.25) is 0 Å². The average Bonchev–Trinajstić information content (AvgIpc) is 2.56. The molecule has 80 valence electrons. The molecule has 0 saturated heterocycles. The van der Waals surface area contributed by atoms with Crippen molar-refractivity contribution in [2.75, 3.05) is 0 Å². The molecule has 2 aromatic rings. The highest BCUT2D eigenvalue weighted by atomic mass is 15.2. The molecule has 0 unspecified atom stereocenters. The van der Waals surface area contributed by atoms with Crippen LogP contribution in [0.5, 0.6) is 0 Å². The molecule has 3 nitrogen and oxygen atoms in total. The third kappa shape index (κ3) is 1.62. The Morgan fingerprint density at radius 2 is 1.87 bits per heavy atom. The molecule has 0 bridgehead atoms. The summed E-state index contributed by atoms with van der Waals surface area (Å²) < 4.78 is 1.88. The van der Waals surface area contributed by atoms with Crippen molar-refractivity contribution in [2.45, 2.75) is 39.5 Å². The summed E-state index contributed by atoms with van der Waals surface area (Å²) in [5.41, 5.74) is 3.45. The van der Waals surface area contributed by atoms with Crippen LogP contribution in [0.25, 0.3) is 5.65 Å². The number of hydrogen-bond donors (Lipinski definition) is 0. The van der Waals surface area contributed by atoms with Crippen molar-refractivity contribution in [1.82, 2.24) is 14.6 Å². The molecular weight excluding hydrogens is 186 g/mol. The molecule has 0 aliphatic rings. The maximum absolute atomic E-state index is 4.59. The largest absolute Gasteiger partial charge is 0.237 e. The third-order valence-corrected chi connectivity index (χ3v) is 2.58. The predicted octanol–water partition coefficient (Wildman–Crippen LogP) is 2.98. The van der Waals surface area contributed by atoms with Crippen LogP contribution < -0.4 is 0 Å². The molecule has 2 aromatic heterocycles. The van der Waals surface area contributed by atoms with Crippen LogP contribution in [0, 0.1) is 0 Å². The van der Waals surface area contributed by atoms with E-state index in [-0.39, 0.29) is 0 Å².